The molecule has 2 heterocycles. The lowest BCUT2D eigenvalue weighted by Crippen LogP contribution is -1.83. The first kappa shape index (κ1) is 17.4. The first-order valence-electron chi connectivity index (χ1n) is 10.8. The molecule has 0 N–H and O–H groups in total. The molecule has 0 unspecified atom stereocenters. The summed E-state index contributed by atoms with van der Waals surface area (Å²) >= 11 is 0. The maximum Gasteiger partial charge on any atom is 0.143 e. The van der Waals surface area contributed by atoms with Crippen LogP contribution in [0.15, 0.2) is 118 Å². The van der Waals surface area contributed by atoms with Gasteiger partial charge in [-0.25, -0.2) is 0 Å². The molecule has 0 radical (unpaired) electrons. The van der Waals surface area contributed by atoms with Crippen LogP contribution in [-0.4, -0.2) is 0 Å². The monoisotopic (exact) mass is 410 g/mol. The van der Waals surface area contributed by atoms with Gasteiger partial charge in [-0.3, -0.25) is 0 Å². The van der Waals surface area contributed by atoms with Gasteiger partial charge in [-0.05, 0) is 29.3 Å². The smallest absolute Gasteiger partial charge is 0.143 e. The van der Waals surface area contributed by atoms with Gasteiger partial charge in [-0.2, -0.15) is 0 Å². The van der Waals surface area contributed by atoms with Crippen molar-refractivity contribution in [2.45, 2.75) is 0 Å². The highest BCUT2D eigenvalue weighted by Gasteiger charge is 2.15. The van der Waals surface area contributed by atoms with Gasteiger partial charge in [0.25, 0.3) is 0 Å². The van der Waals surface area contributed by atoms with Crippen molar-refractivity contribution in [2.24, 2.45) is 0 Å². The summed E-state index contributed by atoms with van der Waals surface area (Å²) in [6, 6.07) is 37.8. The minimum atomic E-state index is 0.915. The van der Waals surface area contributed by atoms with Gasteiger partial charge in [0.05, 0.1) is 0 Å². The third-order valence-electron chi connectivity index (χ3n) is 6.29. The molecule has 2 heteroatoms. The minimum Gasteiger partial charge on any atom is -0.455 e. The number of para-hydroxylation sites is 4. The van der Waals surface area contributed by atoms with Crippen LogP contribution in [-0.2, 0) is 0 Å². The molecule has 32 heavy (non-hydrogen) atoms. The van der Waals surface area contributed by atoms with E-state index in [-0.39, 0.29) is 0 Å². The van der Waals surface area contributed by atoms with Gasteiger partial charge < -0.3 is 8.83 Å². The van der Waals surface area contributed by atoms with Gasteiger partial charge in [0.2, 0.25) is 0 Å². The maximum absolute atomic E-state index is 6.28. The normalized spacial score (nSPS) is 11.8. The van der Waals surface area contributed by atoms with Gasteiger partial charge in [0, 0.05) is 32.7 Å². The van der Waals surface area contributed by atoms with Crippen LogP contribution in [0.4, 0.5) is 0 Å². The first-order chi connectivity index (χ1) is 15.9. The van der Waals surface area contributed by atoms with Crippen molar-refractivity contribution in [1.29, 1.82) is 0 Å². The predicted molar refractivity (Wildman–Crippen MR) is 132 cm³/mol. The van der Waals surface area contributed by atoms with Gasteiger partial charge in [0.15, 0.2) is 0 Å². The zero-order chi connectivity index (χ0) is 21.1. The van der Waals surface area contributed by atoms with Crippen LogP contribution in [0.25, 0.3) is 66.1 Å². The SMILES string of the molecule is c1cc(-c2cccc3c2oc2ccccc23)cc(-c2cccc3c2oc2ccccc23)c1. The van der Waals surface area contributed by atoms with Crippen LogP contribution in [0.5, 0.6) is 0 Å². The second kappa shape index (κ2) is 6.60. The molecule has 7 rings (SSSR count). The summed E-state index contributed by atoms with van der Waals surface area (Å²) < 4.78 is 12.6. The van der Waals surface area contributed by atoms with E-state index in [2.05, 4.69) is 84.9 Å². The molecule has 0 spiro atoms. The lowest BCUT2D eigenvalue weighted by Gasteiger charge is -2.07. The zero-order valence-corrected chi connectivity index (χ0v) is 17.2. The minimum absolute atomic E-state index is 0.915. The van der Waals surface area contributed by atoms with Gasteiger partial charge in [-0.15, -0.1) is 0 Å². The average molecular weight is 410 g/mol. The Morgan fingerprint density at radius 3 is 1.34 bits per heavy atom. The van der Waals surface area contributed by atoms with Crippen LogP contribution in [0.1, 0.15) is 0 Å². The standard InChI is InChI=1S/C30H18O2/c1-3-16-27-23(10-1)25-14-6-12-21(29(25)31-27)19-8-5-9-20(18-19)22-13-7-15-26-24-11-2-4-17-28(24)32-30(22)26/h1-18H. The molecule has 0 atom stereocenters. The highest BCUT2D eigenvalue weighted by atomic mass is 16.3. The van der Waals surface area contributed by atoms with Crippen molar-refractivity contribution < 1.29 is 8.83 Å². The van der Waals surface area contributed by atoms with Crippen molar-refractivity contribution in [3.8, 4) is 22.3 Å². The highest BCUT2D eigenvalue weighted by Crippen LogP contribution is 2.39. The number of furan rings is 2. The molecule has 5 aromatic carbocycles. The van der Waals surface area contributed by atoms with E-state index in [0.29, 0.717) is 0 Å². The number of hydrogen-bond acceptors (Lipinski definition) is 2. The molecule has 2 nitrogen and oxygen atoms in total. The van der Waals surface area contributed by atoms with E-state index in [0.717, 1.165) is 66.1 Å². The average Bonchev–Trinajstić information content (AvgIpc) is 3.42. The summed E-state index contributed by atoms with van der Waals surface area (Å²) in [6.45, 7) is 0. The van der Waals surface area contributed by atoms with Crippen LogP contribution >= 0.6 is 0 Å². The zero-order valence-electron chi connectivity index (χ0n) is 17.2. The fourth-order valence-corrected chi connectivity index (χ4v) is 4.80. The van der Waals surface area contributed by atoms with Crippen molar-refractivity contribution in [3.05, 3.63) is 109 Å². The van der Waals surface area contributed by atoms with Crippen LogP contribution in [0.3, 0.4) is 0 Å². The molecule has 0 fully saturated rings. The van der Waals surface area contributed by atoms with Gasteiger partial charge >= 0.3 is 0 Å². The van der Waals surface area contributed by atoms with Crippen LogP contribution in [0, 0.1) is 0 Å². The van der Waals surface area contributed by atoms with Crippen LogP contribution < -0.4 is 0 Å². The Bertz CT molecular complexity index is 1650. The largest absolute Gasteiger partial charge is 0.455 e. The van der Waals surface area contributed by atoms with E-state index in [4.69, 9.17) is 8.83 Å². The lowest BCUT2D eigenvalue weighted by atomic mass is 9.96. The number of benzene rings is 5. The molecule has 0 saturated heterocycles. The third-order valence-corrected chi connectivity index (χ3v) is 6.29. The molecule has 150 valence electrons. The Hall–Kier alpha value is -4.30. The van der Waals surface area contributed by atoms with E-state index in [1.165, 1.54) is 0 Å². The number of hydrogen-bond donors (Lipinski definition) is 0. The molecule has 7 aromatic rings. The lowest BCUT2D eigenvalue weighted by molar-refractivity contribution is 0.670. The second-order valence-corrected chi connectivity index (χ2v) is 8.14. The Balaban J connectivity index is 1.45. The Morgan fingerprint density at radius 1 is 0.375 bits per heavy atom. The van der Waals surface area contributed by atoms with E-state index in [1.54, 1.807) is 0 Å². The fraction of sp³-hybridized carbons (Fsp3) is 0. The second-order valence-electron chi connectivity index (χ2n) is 8.14. The molecule has 0 saturated carbocycles. The van der Waals surface area contributed by atoms with E-state index < -0.39 is 0 Å². The Labute approximate surface area is 184 Å². The summed E-state index contributed by atoms with van der Waals surface area (Å²) in [7, 11) is 0. The number of fused-ring (bicyclic) bond motifs is 6. The first-order valence-corrected chi connectivity index (χ1v) is 10.8. The maximum atomic E-state index is 6.28. The summed E-state index contributed by atoms with van der Waals surface area (Å²) in [5.74, 6) is 0. The molecular weight excluding hydrogens is 392 g/mol. The molecule has 2 aromatic heterocycles. The molecule has 0 aliphatic rings. The summed E-state index contributed by atoms with van der Waals surface area (Å²) in [6.07, 6.45) is 0. The number of rotatable bonds is 2. The Kier molecular flexibility index (Phi) is 3.58. The summed E-state index contributed by atoms with van der Waals surface area (Å²) in [5, 5.41) is 4.57. The van der Waals surface area contributed by atoms with Crippen molar-refractivity contribution >= 4 is 43.9 Å². The third kappa shape index (κ3) is 2.47. The molecule has 0 bridgehead atoms. The quantitative estimate of drug-likeness (QED) is 0.284. The van der Waals surface area contributed by atoms with E-state index in [9.17, 15) is 0 Å². The molecular formula is C30H18O2. The summed E-state index contributed by atoms with van der Waals surface area (Å²) in [5.41, 5.74) is 8.12. The van der Waals surface area contributed by atoms with Crippen molar-refractivity contribution in [2.75, 3.05) is 0 Å². The van der Waals surface area contributed by atoms with E-state index >= 15 is 0 Å². The summed E-state index contributed by atoms with van der Waals surface area (Å²) in [4.78, 5) is 0. The molecule has 0 aliphatic heterocycles. The van der Waals surface area contributed by atoms with Gasteiger partial charge in [-0.1, -0.05) is 91.0 Å². The van der Waals surface area contributed by atoms with Crippen molar-refractivity contribution in [3.63, 3.8) is 0 Å². The topological polar surface area (TPSA) is 26.3 Å². The molecule has 0 aliphatic carbocycles. The molecule has 0 amide bonds. The predicted octanol–water partition coefficient (Wildman–Crippen LogP) is 8.82. The Morgan fingerprint density at radius 2 is 0.812 bits per heavy atom. The van der Waals surface area contributed by atoms with E-state index in [1.807, 2.05) is 24.3 Å². The van der Waals surface area contributed by atoms with Crippen molar-refractivity contribution in [1.82, 2.24) is 0 Å². The van der Waals surface area contributed by atoms with Crippen LogP contribution in [0.2, 0.25) is 0 Å². The van der Waals surface area contributed by atoms with Gasteiger partial charge in [0.1, 0.15) is 22.3 Å². The highest BCUT2D eigenvalue weighted by molar-refractivity contribution is 6.11. The fourth-order valence-electron chi connectivity index (χ4n) is 4.80.